The van der Waals surface area contributed by atoms with Crippen molar-refractivity contribution >= 4 is 23.8 Å². The summed E-state index contributed by atoms with van der Waals surface area (Å²) in [6.07, 6.45) is 2.82. The minimum absolute atomic E-state index is 0.0969. The SMILES string of the molecule is CCOc1cc(/C=N/Nc2nncn2N)cc(Cl)c1O. The number of halogens is 1. The van der Waals surface area contributed by atoms with Gasteiger partial charge in [0.05, 0.1) is 17.8 Å². The van der Waals surface area contributed by atoms with E-state index in [0.717, 1.165) is 0 Å². The lowest BCUT2D eigenvalue weighted by molar-refractivity contribution is 0.318. The zero-order valence-corrected chi connectivity index (χ0v) is 11.4. The predicted molar refractivity (Wildman–Crippen MR) is 75.7 cm³/mol. The van der Waals surface area contributed by atoms with E-state index >= 15 is 0 Å². The van der Waals surface area contributed by atoms with Crippen LogP contribution in [0.25, 0.3) is 0 Å². The first-order chi connectivity index (χ1) is 9.61. The van der Waals surface area contributed by atoms with Gasteiger partial charge in [0.25, 0.3) is 5.95 Å². The Morgan fingerprint density at radius 1 is 1.60 bits per heavy atom. The molecule has 0 saturated heterocycles. The number of rotatable bonds is 5. The molecule has 106 valence electrons. The Bertz CT molecular complexity index is 627. The molecule has 2 rings (SSSR count). The summed E-state index contributed by atoms with van der Waals surface area (Å²) < 4.78 is 6.45. The maximum absolute atomic E-state index is 9.71. The number of hydrogen-bond donors (Lipinski definition) is 3. The summed E-state index contributed by atoms with van der Waals surface area (Å²) in [4.78, 5) is 0. The second-order valence-corrected chi connectivity index (χ2v) is 4.12. The number of aromatic nitrogens is 3. The molecule has 0 saturated carbocycles. The van der Waals surface area contributed by atoms with E-state index in [1.807, 2.05) is 6.92 Å². The smallest absolute Gasteiger partial charge is 0.263 e. The number of phenols is 1. The molecule has 0 unspecified atom stereocenters. The monoisotopic (exact) mass is 296 g/mol. The normalized spacial score (nSPS) is 10.9. The van der Waals surface area contributed by atoms with Crippen LogP contribution in [-0.2, 0) is 0 Å². The Hall–Kier alpha value is -2.48. The highest BCUT2D eigenvalue weighted by molar-refractivity contribution is 6.32. The number of phenolic OH excluding ortho intramolecular Hbond substituents is 1. The second-order valence-electron chi connectivity index (χ2n) is 3.71. The number of nitrogens with zero attached hydrogens (tertiary/aromatic N) is 4. The Kier molecular flexibility index (Phi) is 4.26. The molecule has 0 atom stereocenters. The van der Waals surface area contributed by atoms with Crippen molar-refractivity contribution < 1.29 is 9.84 Å². The van der Waals surface area contributed by atoms with Crippen LogP contribution in [0.1, 0.15) is 12.5 Å². The van der Waals surface area contributed by atoms with Crippen LogP contribution in [0, 0.1) is 0 Å². The van der Waals surface area contributed by atoms with E-state index in [0.29, 0.717) is 17.9 Å². The third kappa shape index (κ3) is 3.09. The number of hydrogen-bond acceptors (Lipinski definition) is 7. The third-order valence-corrected chi connectivity index (χ3v) is 2.59. The average molecular weight is 297 g/mol. The van der Waals surface area contributed by atoms with E-state index in [9.17, 15) is 5.11 Å². The van der Waals surface area contributed by atoms with Crippen LogP contribution in [0.3, 0.4) is 0 Å². The molecule has 0 amide bonds. The predicted octanol–water partition coefficient (Wildman–Crippen LogP) is 1.20. The van der Waals surface area contributed by atoms with Gasteiger partial charge in [-0.3, -0.25) is 0 Å². The summed E-state index contributed by atoms with van der Waals surface area (Å²) in [5, 5.41) is 21.1. The number of nitrogens with one attached hydrogen (secondary N) is 1. The van der Waals surface area contributed by atoms with E-state index in [1.165, 1.54) is 17.2 Å². The van der Waals surface area contributed by atoms with Crippen LogP contribution in [-0.4, -0.2) is 32.8 Å². The molecule has 0 radical (unpaired) electrons. The van der Waals surface area contributed by atoms with Gasteiger partial charge >= 0.3 is 0 Å². The Balaban J connectivity index is 2.15. The fraction of sp³-hybridized carbons (Fsp3) is 0.182. The third-order valence-electron chi connectivity index (χ3n) is 2.30. The lowest BCUT2D eigenvalue weighted by Crippen LogP contribution is -2.10. The maximum atomic E-state index is 9.71. The molecular weight excluding hydrogens is 284 g/mol. The summed E-state index contributed by atoms with van der Waals surface area (Å²) in [5.41, 5.74) is 3.26. The van der Waals surface area contributed by atoms with Crippen molar-refractivity contribution in [2.24, 2.45) is 5.10 Å². The van der Waals surface area contributed by atoms with Crippen LogP contribution in [0.5, 0.6) is 11.5 Å². The molecule has 9 heteroatoms. The molecule has 20 heavy (non-hydrogen) atoms. The minimum atomic E-state index is -0.0969. The lowest BCUT2D eigenvalue weighted by atomic mass is 10.2. The number of hydrazone groups is 1. The van der Waals surface area contributed by atoms with Gasteiger partial charge in [-0.25, -0.2) is 10.1 Å². The lowest BCUT2D eigenvalue weighted by Gasteiger charge is -2.08. The summed E-state index contributed by atoms with van der Waals surface area (Å²) in [7, 11) is 0. The van der Waals surface area contributed by atoms with E-state index in [1.54, 1.807) is 12.1 Å². The van der Waals surface area contributed by atoms with E-state index in [4.69, 9.17) is 22.2 Å². The maximum Gasteiger partial charge on any atom is 0.263 e. The van der Waals surface area contributed by atoms with Crippen LogP contribution in [0.2, 0.25) is 5.02 Å². The molecule has 0 spiro atoms. The Morgan fingerprint density at radius 2 is 2.40 bits per heavy atom. The number of nitrogen functional groups attached to an aromatic ring is 1. The van der Waals surface area contributed by atoms with Gasteiger partial charge < -0.3 is 15.7 Å². The summed E-state index contributed by atoms with van der Waals surface area (Å²) >= 11 is 5.90. The van der Waals surface area contributed by atoms with Crippen LogP contribution >= 0.6 is 11.6 Å². The number of aromatic hydroxyl groups is 1. The van der Waals surface area contributed by atoms with Crippen molar-refractivity contribution in [2.75, 3.05) is 17.9 Å². The van der Waals surface area contributed by atoms with Crippen molar-refractivity contribution in [2.45, 2.75) is 6.92 Å². The van der Waals surface area contributed by atoms with Crippen molar-refractivity contribution in [1.82, 2.24) is 14.9 Å². The van der Waals surface area contributed by atoms with Crippen molar-refractivity contribution in [3.8, 4) is 11.5 Å². The molecule has 1 aromatic carbocycles. The standard InChI is InChI=1S/C11H13ClN6O2/c1-2-20-9-4-7(3-8(12)10(9)19)5-14-16-11-17-15-6-18(11)13/h3-6,19H,2,13H2,1H3,(H,16,17)/b14-5+. The molecule has 0 aliphatic carbocycles. The van der Waals surface area contributed by atoms with E-state index in [-0.39, 0.29) is 16.7 Å². The van der Waals surface area contributed by atoms with Gasteiger partial charge in [0, 0.05) is 0 Å². The van der Waals surface area contributed by atoms with Crippen molar-refractivity contribution in [1.29, 1.82) is 0 Å². The molecule has 4 N–H and O–H groups in total. The van der Waals surface area contributed by atoms with Crippen LogP contribution in [0.15, 0.2) is 23.6 Å². The highest BCUT2D eigenvalue weighted by Crippen LogP contribution is 2.34. The fourth-order valence-electron chi connectivity index (χ4n) is 1.42. The molecule has 1 aromatic heterocycles. The molecular formula is C11H13ClN6O2. The van der Waals surface area contributed by atoms with Gasteiger partial charge in [-0.2, -0.15) is 5.10 Å². The van der Waals surface area contributed by atoms with E-state index in [2.05, 4.69) is 20.7 Å². The molecule has 2 aromatic rings. The molecule has 1 heterocycles. The molecule has 0 bridgehead atoms. The molecule has 0 aliphatic rings. The van der Waals surface area contributed by atoms with Gasteiger partial charge in [-0.15, -0.1) is 10.2 Å². The zero-order valence-electron chi connectivity index (χ0n) is 10.6. The highest BCUT2D eigenvalue weighted by Gasteiger charge is 2.08. The number of nitrogens with two attached hydrogens (primary N) is 1. The summed E-state index contributed by atoms with van der Waals surface area (Å²) in [6, 6.07) is 3.17. The number of benzene rings is 1. The van der Waals surface area contributed by atoms with Crippen molar-refractivity contribution in [3.63, 3.8) is 0 Å². The Labute approximate surface area is 119 Å². The first kappa shape index (κ1) is 13.9. The van der Waals surface area contributed by atoms with Gasteiger partial charge in [-0.1, -0.05) is 11.6 Å². The van der Waals surface area contributed by atoms with E-state index < -0.39 is 0 Å². The van der Waals surface area contributed by atoms with Crippen LogP contribution in [0.4, 0.5) is 5.95 Å². The van der Waals surface area contributed by atoms with Crippen LogP contribution < -0.4 is 16.0 Å². The molecule has 0 aliphatic heterocycles. The first-order valence-corrected chi connectivity index (χ1v) is 6.09. The fourth-order valence-corrected chi connectivity index (χ4v) is 1.64. The van der Waals surface area contributed by atoms with Gasteiger partial charge in [0.2, 0.25) is 0 Å². The Morgan fingerprint density at radius 3 is 3.05 bits per heavy atom. The number of ether oxygens (including phenoxy) is 1. The first-order valence-electron chi connectivity index (χ1n) is 5.71. The van der Waals surface area contributed by atoms with Gasteiger partial charge in [0.15, 0.2) is 11.5 Å². The molecule has 0 fully saturated rings. The molecule has 8 nitrogen and oxygen atoms in total. The summed E-state index contributed by atoms with van der Waals surface area (Å²) in [6.45, 7) is 2.22. The van der Waals surface area contributed by atoms with Gasteiger partial charge in [-0.05, 0) is 24.6 Å². The zero-order chi connectivity index (χ0) is 14.5. The highest BCUT2D eigenvalue weighted by atomic mass is 35.5. The minimum Gasteiger partial charge on any atom is -0.503 e. The topological polar surface area (TPSA) is 111 Å². The van der Waals surface area contributed by atoms with Crippen molar-refractivity contribution in [3.05, 3.63) is 29.0 Å². The summed E-state index contributed by atoms with van der Waals surface area (Å²) in [5.74, 6) is 5.99. The number of anilines is 1. The quantitative estimate of drug-likeness (QED) is 0.434. The largest absolute Gasteiger partial charge is 0.503 e. The second kappa shape index (κ2) is 6.11. The average Bonchev–Trinajstić information content (AvgIpc) is 2.81. The van der Waals surface area contributed by atoms with Gasteiger partial charge in [0.1, 0.15) is 6.33 Å².